The number of ketones is 1. The molecule has 1 heterocycles. The molecule has 1 unspecified atom stereocenters. The van der Waals surface area contributed by atoms with Crippen LogP contribution in [0.15, 0.2) is 6.07 Å². The maximum Gasteiger partial charge on any atom is 0.167 e. The van der Waals surface area contributed by atoms with Crippen molar-refractivity contribution in [2.45, 2.75) is 32.3 Å². The smallest absolute Gasteiger partial charge is 0.167 e. The van der Waals surface area contributed by atoms with E-state index in [4.69, 9.17) is 4.74 Å². The first-order valence-electron chi connectivity index (χ1n) is 5.67. The number of methoxy groups -OCH3 is 1. The van der Waals surface area contributed by atoms with Gasteiger partial charge in [-0.1, -0.05) is 0 Å². The van der Waals surface area contributed by atoms with Crippen molar-refractivity contribution in [1.82, 2.24) is 9.78 Å². The summed E-state index contributed by atoms with van der Waals surface area (Å²) in [6.07, 6.45) is 2.45. The SMILES string of the molecule is COC(C(=O)Cc1cc(C)nn1C)C1CC1. The molecule has 0 amide bonds. The summed E-state index contributed by atoms with van der Waals surface area (Å²) in [6, 6.07) is 1.96. The minimum absolute atomic E-state index is 0.174. The summed E-state index contributed by atoms with van der Waals surface area (Å²) in [5.41, 5.74) is 1.91. The summed E-state index contributed by atoms with van der Waals surface area (Å²) in [5.74, 6) is 0.625. The van der Waals surface area contributed by atoms with E-state index in [0.717, 1.165) is 24.2 Å². The summed E-state index contributed by atoms with van der Waals surface area (Å²) in [6.45, 7) is 1.93. The number of hydrogen-bond acceptors (Lipinski definition) is 3. The van der Waals surface area contributed by atoms with E-state index in [2.05, 4.69) is 5.10 Å². The number of Topliss-reactive ketones (excluding diaryl/α,β-unsaturated/α-hetero) is 1. The van der Waals surface area contributed by atoms with Gasteiger partial charge in [0.1, 0.15) is 6.10 Å². The molecule has 88 valence electrons. The standard InChI is InChI=1S/C12H18N2O2/c1-8-6-10(14(2)13-8)7-11(15)12(16-3)9-4-5-9/h6,9,12H,4-5,7H2,1-3H3. The lowest BCUT2D eigenvalue weighted by atomic mass is 10.1. The molecule has 4 nitrogen and oxygen atoms in total. The van der Waals surface area contributed by atoms with Crippen molar-refractivity contribution in [2.24, 2.45) is 13.0 Å². The van der Waals surface area contributed by atoms with E-state index < -0.39 is 0 Å². The molecule has 1 aromatic heterocycles. The maximum atomic E-state index is 12.0. The van der Waals surface area contributed by atoms with Gasteiger partial charge in [0.2, 0.25) is 0 Å². The molecular weight excluding hydrogens is 204 g/mol. The van der Waals surface area contributed by atoms with Crippen molar-refractivity contribution in [3.05, 3.63) is 17.5 Å². The molecule has 16 heavy (non-hydrogen) atoms. The molecule has 0 aromatic carbocycles. The van der Waals surface area contributed by atoms with E-state index in [1.807, 2.05) is 20.0 Å². The fraction of sp³-hybridized carbons (Fsp3) is 0.667. The van der Waals surface area contributed by atoms with Crippen LogP contribution in [0.3, 0.4) is 0 Å². The van der Waals surface area contributed by atoms with Crippen molar-refractivity contribution in [3.8, 4) is 0 Å². The number of hydrogen-bond donors (Lipinski definition) is 0. The zero-order chi connectivity index (χ0) is 11.7. The van der Waals surface area contributed by atoms with Crippen LogP contribution in [0.25, 0.3) is 0 Å². The highest BCUT2D eigenvalue weighted by atomic mass is 16.5. The normalized spacial score (nSPS) is 17.4. The van der Waals surface area contributed by atoms with Gasteiger partial charge in [0.15, 0.2) is 5.78 Å². The summed E-state index contributed by atoms with van der Waals surface area (Å²) in [4.78, 5) is 12.0. The first-order valence-corrected chi connectivity index (χ1v) is 5.67. The van der Waals surface area contributed by atoms with Crippen LogP contribution in [0.2, 0.25) is 0 Å². The van der Waals surface area contributed by atoms with Crippen LogP contribution in [-0.2, 0) is 23.0 Å². The predicted molar refractivity (Wildman–Crippen MR) is 60.2 cm³/mol. The van der Waals surface area contributed by atoms with Crippen molar-refractivity contribution in [1.29, 1.82) is 0 Å². The Morgan fingerprint density at radius 1 is 1.69 bits per heavy atom. The van der Waals surface area contributed by atoms with Crippen molar-refractivity contribution in [2.75, 3.05) is 7.11 Å². The molecule has 1 atom stereocenters. The average Bonchev–Trinajstić information content (AvgIpc) is 2.97. The first kappa shape index (κ1) is 11.3. The Hall–Kier alpha value is -1.16. The largest absolute Gasteiger partial charge is 0.373 e. The Kier molecular flexibility index (Phi) is 3.10. The third kappa shape index (κ3) is 2.32. The van der Waals surface area contributed by atoms with Crippen LogP contribution >= 0.6 is 0 Å². The molecule has 4 heteroatoms. The highest BCUT2D eigenvalue weighted by Crippen LogP contribution is 2.34. The number of rotatable bonds is 5. The number of aryl methyl sites for hydroxylation is 2. The molecular formula is C12H18N2O2. The molecule has 0 saturated heterocycles. The van der Waals surface area contributed by atoms with Gasteiger partial charge in [-0.05, 0) is 31.7 Å². The van der Waals surface area contributed by atoms with E-state index in [0.29, 0.717) is 12.3 Å². The van der Waals surface area contributed by atoms with Gasteiger partial charge in [-0.2, -0.15) is 5.10 Å². The van der Waals surface area contributed by atoms with Crippen molar-refractivity contribution >= 4 is 5.78 Å². The van der Waals surface area contributed by atoms with Gasteiger partial charge in [-0.15, -0.1) is 0 Å². The molecule has 1 aliphatic rings. The number of carbonyl (C=O) groups is 1. The average molecular weight is 222 g/mol. The number of aromatic nitrogens is 2. The van der Waals surface area contributed by atoms with Gasteiger partial charge in [0.25, 0.3) is 0 Å². The van der Waals surface area contributed by atoms with E-state index in [9.17, 15) is 4.79 Å². The number of ether oxygens (including phenoxy) is 1. The van der Waals surface area contributed by atoms with Gasteiger partial charge in [0.05, 0.1) is 12.1 Å². The van der Waals surface area contributed by atoms with Crippen LogP contribution in [0.1, 0.15) is 24.2 Å². The lowest BCUT2D eigenvalue weighted by Gasteiger charge is -2.12. The van der Waals surface area contributed by atoms with Gasteiger partial charge < -0.3 is 4.74 Å². The molecule has 0 bridgehead atoms. The molecule has 0 spiro atoms. The molecule has 1 saturated carbocycles. The molecule has 0 N–H and O–H groups in total. The Morgan fingerprint density at radius 3 is 2.81 bits per heavy atom. The van der Waals surface area contributed by atoms with Crippen LogP contribution < -0.4 is 0 Å². The zero-order valence-electron chi connectivity index (χ0n) is 10.1. The Morgan fingerprint density at radius 2 is 2.38 bits per heavy atom. The molecule has 1 fully saturated rings. The lowest BCUT2D eigenvalue weighted by molar-refractivity contribution is -0.129. The van der Waals surface area contributed by atoms with E-state index in [1.165, 1.54) is 0 Å². The van der Waals surface area contributed by atoms with Gasteiger partial charge in [-0.25, -0.2) is 0 Å². The van der Waals surface area contributed by atoms with Crippen molar-refractivity contribution < 1.29 is 9.53 Å². The fourth-order valence-corrected chi connectivity index (χ4v) is 2.09. The Bertz CT molecular complexity index is 394. The van der Waals surface area contributed by atoms with E-state index >= 15 is 0 Å². The lowest BCUT2D eigenvalue weighted by Crippen LogP contribution is -2.27. The third-order valence-corrected chi connectivity index (χ3v) is 3.08. The maximum absolute atomic E-state index is 12.0. The second-order valence-electron chi connectivity index (χ2n) is 4.54. The molecule has 1 aliphatic carbocycles. The van der Waals surface area contributed by atoms with Crippen LogP contribution in [-0.4, -0.2) is 28.8 Å². The molecule has 0 aliphatic heterocycles. The summed E-state index contributed by atoms with van der Waals surface area (Å²) in [5, 5.41) is 4.23. The van der Waals surface area contributed by atoms with Crippen molar-refractivity contribution in [3.63, 3.8) is 0 Å². The molecule has 0 radical (unpaired) electrons. The monoisotopic (exact) mass is 222 g/mol. The minimum atomic E-state index is -0.213. The highest BCUT2D eigenvalue weighted by Gasteiger charge is 2.36. The fourth-order valence-electron chi connectivity index (χ4n) is 2.09. The quantitative estimate of drug-likeness (QED) is 0.753. The predicted octanol–water partition coefficient (Wildman–Crippen LogP) is 1.27. The van der Waals surface area contributed by atoms with E-state index in [-0.39, 0.29) is 11.9 Å². The van der Waals surface area contributed by atoms with Gasteiger partial charge in [-0.3, -0.25) is 9.48 Å². The number of nitrogens with zero attached hydrogens (tertiary/aromatic N) is 2. The van der Waals surface area contributed by atoms with E-state index in [1.54, 1.807) is 11.8 Å². The first-order chi connectivity index (χ1) is 7.61. The Balaban J connectivity index is 2.03. The molecule has 1 aromatic rings. The number of carbonyl (C=O) groups excluding carboxylic acids is 1. The second kappa shape index (κ2) is 4.37. The third-order valence-electron chi connectivity index (χ3n) is 3.08. The van der Waals surface area contributed by atoms with Gasteiger partial charge in [0, 0.05) is 19.9 Å². The summed E-state index contributed by atoms with van der Waals surface area (Å²) >= 11 is 0. The second-order valence-corrected chi connectivity index (χ2v) is 4.54. The zero-order valence-corrected chi connectivity index (χ0v) is 10.1. The van der Waals surface area contributed by atoms with Gasteiger partial charge >= 0.3 is 0 Å². The van der Waals surface area contributed by atoms with Crippen LogP contribution in [0, 0.1) is 12.8 Å². The highest BCUT2D eigenvalue weighted by molar-refractivity contribution is 5.85. The summed E-state index contributed by atoms with van der Waals surface area (Å²) in [7, 11) is 3.49. The Labute approximate surface area is 95.6 Å². The van der Waals surface area contributed by atoms with Crippen LogP contribution in [0.5, 0.6) is 0 Å². The minimum Gasteiger partial charge on any atom is -0.373 e. The van der Waals surface area contributed by atoms with Crippen LogP contribution in [0.4, 0.5) is 0 Å². The molecule has 2 rings (SSSR count). The summed E-state index contributed by atoms with van der Waals surface area (Å²) < 4.78 is 7.05. The topological polar surface area (TPSA) is 44.1 Å².